The average molecular weight is 245 g/mol. The Kier molecular flexibility index (Phi) is 3.16. The maximum Gasteiger partial charge on any atom is 0.157 e. The molecule has 0 aliphatic rings. The van der Waals surface area contributed by atoms with E-state index >= 15 is 0 Å². The highest BCUT2D eigenvalue weighted by molar-refractivity contribution is 5.87. The van der Waals surface area contributed by atoms with Crippen LogP contribution in [0.2, 0.25) is 0 Å². The molecule has 0 N–H and O–H groups in total. The first-order valence-electron chi connectivity index (χ1n) is 6.08. The standard InChI is InChI=1S/C15H19NO2/c1-15(2,3)14(17)10-16-8-7-11-9-12(18-4)5-6-13(11)16/h5-9H,10H2,1-4H3. The zero-order valence-corrected chi connectivity index (χ0v) is 11.4. The molecule has 0 saturated heterocycles. The lowest BCUT2D eigenvalue weighted by Crippen LogP contribution is -2.24. The Balaban J connectivity index is 2.33. The maximum atomic E-state index is 12.1. The zero-order valence-electron chi connectivity index (χ0n) is 11.4. The van der Waals surface area contributed by atoms with E-state index in [0.717, 1.165) is 16.7 Å². The van der Waals surface area contributed by atoms with Gasteiger partial charge < -0.3 is 9.30 Å². The Hall–Kier alpha value is -1.77. The minimum absolute atomic E-state index is 0.232. The fraction of sp³-hybridized carbons (Fsp3) is 0.400. The molecule has 1 heterocycles. The molecule has 0 atom stereocenters. The SMILES string of the molecule is COc1ccc2c(ccn2CC(=O)C(C)(C)C)c1. The highest BCUT2D eigenvalue weighted by atomic mass is 16.5. The van der Waals surface area contributed by atoms with Crippen LogP contribution >= 0.6 is 0 Å². The van der Waals surface area contributed by atoms with Gasteiger partial charge in [0.15, 0.2) is 5.78 Å². The Morgan fingerprint density at radius 3 is 2.61 bits per heavy atom. The molecule has 0 fully saturated rings. The number of methoxy groups -OCH3 is 1. The van der Waals surface area contributed by atoms with Gasteiger partial charge in [0.05, 0.1) is 13.7 Å². The highest BCUT2D eigenvalue weighted by Crippen LogP contribution is 2.23. The number of rotatable bonds is 3. The summed E-state index contributed by atoms with van der Waals surface area (Å²) in [6.07, 6.45) is 1.95. The third kappa shape index (κ3) is 2.40. The third-order valence-corrected chi connectivity index (χ3v) is 3.13. The Morgan fingerprint density at radius 1 is 1.28 bits per heavy atom. The average Bonchev–Trinajstić information content (AvgIpc) is 2.70. The van der Waals surface area contributed by atoms with Crippen molar-refractivity contribution in [3.63, 3.8) is 0 Å². The second-order valence-electron chi connectivity index (χ2n) is 5.54. The lowest BCUT2D eigenvalue weighted by atomic mass is 9.91. The Bertz CT molecular complexity index is 576. The van der Waals surface area contributed by atoms with Crippen LogP contribution in [-0.4, -0.2) is 17.5 Å². The van der Waals surface area contributed by atoms with Gasteiger partial charge in [0.25, 0.3) is 0 Å². The number of hydrogen-bond acceptors (Lipinski definition) is 2. The molecule has 96 valence electrons. The van der Waals surface area contributed by atoms with Crippen LogP contribution in [0.4, 0.5) is 0 Å². The summed E-state index contributed by atoms with van der Waals surface area (Å²) in [6.45, 7) is 6.26. The summed E-state index contributed by atoms with van der Waals surface area (Å²) in [5, 5.41) is 1.09. The molecule has 2 rings (SSSR count). The number of ketones is 1. The number of ether oxygens (including phenoxy) is 1. The van der Waals surface area contributed by atoms with Crippen LogP contribution in [0.3, 0.4) is 0 Å². The Labute approximate surface area is 107 Å². The monoisotopic (exact) mass is 245 g/mol. The highest BCUT2D eigenvalue weighted by Gasteiger charge is 2.21. The van der Waals surface area contributed by atoms with Crippen LogP contribution in [0.5, 0.6) is 5.75 Å². The van der Waals surface area contributed by atoms with Crippen LogP contribution < -0.4 is 4.74 Å². The molecule has 0 aliphatic carbocycles. The molecule has 1 aromatic carbocycles. The van der Waals surface area contributed by atoms with Crippen molar-refractivity contribution >= 4 is 16.7 Å². The van der Waals surface area contributed by atoms with Crippen LogP contribution in [0.15, 0.2) is 30.5 Å². The summed E-state index contributed by atoms with van der Waals surface area (Å²) in [7, 11) is 1.65. The van der Waals surface area contributed by atoms with Gasteiger partial charge in [-0.15, -0.1) is 0 Å². The number of fused-ring (bicyclic) bond motifs is 1. The van der Waals surface area contributed by atoms with Crippen LogP contribution in [0, 0.1) is 5.41 Å². The largest absolute Gasteiger partial charge is 0.497 e. The first-order valence-corrected chi connectivity index (χ1v) is 6.08. The van der Waals surface area contributed by atoms with Gasteiger partial charge in [0.1, 0.15) is 5.75 Å². The van der Waals surface area contributed by atoms with Crippen LogP contribution in [-0.2, 0) is 11.3 Å². The summed E-state index contributed by atoms with van der Waals surface area (Å²) >= 11 is 0. The molecule has 0 amide bonds. The Morgan fingerprint density at radius 2 is 2.00 bits per heavy atom. The lowest BCUT2D eigenvalue weighted by Gasteiger charge is -2.17. The fourth-order valence-electron chi connectivity index (χ4n) is 1.83. The van der Waals surface area contributed by atoms with Crippen molar-refractivity contribution in [3.8, 4) is 5.75 Å². The molecule has 0 saturated carbocycles. The van der Waals surface area contributed by atoms with Gasteiger partial charge in [0.2, 0.25) is 0 Å². The third-order valence-electron chi connectivity index (χ3n) is 3.13. The number of carbonyl (C=O) groups is 1. The van der Waals surface area contributed by atoms with Crippen molar-refractivity contribution in [3.05, 3.63) is 30.5 Å². The quantitative estimate of drug-likeness (QED) is 0.831. The number of nitrogens with zero attached hydrogens (tertiary/aromatic N) is 1. The topological polar surface area (TPSA) is 31.2 Å². The van der Waals surface area contributed by atoms with E-state index in [1.54, 1.807) is 7.11 Å². The van der Waals surface area contributed by atoms with E-state index in [-0.39, 0.29) is 11.2 Å². The van der Waals surface area contributed by atoms with E-state index < -0.39 is 0 Å². The van der Waals surface area contributed by atoms with Crippen LogP contribution in [0.1, 0.15) is 20.8 Å². The predicted molar refractivity (Wildman–Crippen MR) is 73.0 cm³/mol. The first kappa shape index (κ1) is 12.7. The fourth-order valence-corrected chi connectivity index (χ4v) is 1.83. The number of benzene rings is 1. The minimum atomic E-state index is -0.303. The molecule has 0 spiro atoms. The number of carbonyl (C=O) groups excluding carboxylic acids is 1. The summed E-state index contributed by atoms with van der Waals surface area (Å²) < 4.78 is 7.18. The molecular weight excluding hydrogens is 226 g/mol. The van der Waals surface area contributed by atoms with Crippen molar-refractivity contribution in [2.45, 2.75) is 27.3 Å². The van der Waals surface area contributed by atoms with E-state index in [2.05, 4.69) is 0 Å². The van der Waals surface area contributed by atoms with Gasteiger partial charge in [-0.25, -0.2) is 0 Å². The van der Waals surface area contributed by atoms with E-state index in [1.165, 1.54) is 0 Å². The predicted octanol–water partition coefficient (Wildman–Crippen LogP) is 3.27. The summed E-state index contributed by atoms with van der Waals surface area (Å²) in [6, 6.07) is 7.89. The van der Waals surface area contributed by atoms with Crippen molar-refractivity contribution in [1.29, 1.82) is 0 Å². The van der Waals surface area contributed by atoms with Crippen molar-refractivity contribution in [1.82, 2.24) is 4.57 Å². The second-order valence-corrected chi connectivity index (χ2v) is 5.54. The molecule has 3 nitrogen and oxygen atoms in total. The van der Waals surface area contributed by atoms with Crippen molar-refractivity contribution in [2.24, 2.45) is 5.41 Å². The molecule has 0 bridgehead atoms. The number of aromatic nitrogens is 1. The van der Waals surface area contributed by atoms with E-state index in [0.29, 0.717) is 6.54 Å². The van der Waals surface area contributed by atoms with Gasteiger partial charge in [0, 0.05) is 22.5 Å². The van der Waals surface area contributed by atoms with E-state index in [1.807, 2.05) is 55.8 Å². The van der Waals surface area contributed by atoms with Gasteiger partial charge in [-0.05, 0) is 24.3 Å². The number of hydrogen-bond donors (Lipinski definition) is 0. The normalized spacial score (nSPS) is 11.8. The van der Waals surface area contributed by atoms with Crippen molar-refractivity contribution in [2.75, 3.05) is 7.11 Å². The smallest absolute Gasteiger partial charge is 0.157 e. The molecule has 0 unspecified atom stereocenters. The van der Waals surface area contributed by atoms with Gasteiger partial charge in [-0.3, -0.25) is 4.79 Å². The van der Waals surface area contributed by atoms with E-state index in [9.17, 15) is 4.79 Å². The van der Waals surface area contributed by atoms with Gasteiger partial charge >= 0.3 is 0 Å². The number of Topliss-reactive ketones (excluding diaryl/α,β-unsaturated/α-hetero) is 1. The minimum Gasteiger partial charge on any atom is -0.497 e. The van der Waals surface area contributed by atoms with E-state index in [4.69, 9.17) is 4.74 Å². The maximum absolute atomic E-state index is 12.1. The molecular formula is C15H19NO2. The van der Waals surface area contributed by atoms with Gasteiger partial charge in [-0.2, -0.15) is 0 Å². The molecule has 18 heavy (non-hydrogen) atoms. The van der Waals surface area contributed by atoms with Crippen molar-refractivity contribution < 1.29 is 9.53 Å². The molecule has 1 aromatic heterocycles. The lowest BCUT2D eigenvalue weighted by molar-refractivity contribution is -0.126. The molecule has 2 aromatic rings. The second kappa shape index (κ2) is 4.48. The zero-order chi connectivity index (χ0) is 13.3. The molecule has 0 aliphatic heterocycles. The first-order chi connectivity index (χ1) is 8.41. The van der Waals surface area contributed by atoms with Crippen LogP contribution in [0.25, 0.3) is 10.9 Å². The van der Waals surface area contributed by atoms with Gasteiger partial charge in [-0.1, -0.05) is 20.8 Å². The molecule has 3 heteroatoms. The summed E-state index contributed by atoms with van der Waals surface area (Å²) in [4.78, 5) is 12.1. The molecule has 0 radical (unpaired) electrons. The summed E-state index contributed by atoms with van der Waals surface area (Å²) in [5.41, 5.74) is 0.761. The summed E-state index contributed by atoms with van der Waals surface area (Å²) in [5.74, 6) is 1.07.